The van der Waals surface area contributed by atoms with E-state index >= 15 is 0 Å². The minimum atomic E-state index is -0.412. The van der Waals surface area contributed by atoms with Crippen molar-refractivity contribution in [2.75, 3.05) is 0 Å². The number of hydrogen-bond acceptors (Lipinski definition) is 6. The van der Waals surface area contributed by atoms with E-state index in [0.717, 1.165) is 30.5 Å². The van der Waals surface area contributed by atoms with E-state index < -0.39 is 5.91 Å². The number of pyridine rings is 1. The average molecular weight is 361 g/mol. The van der Waals surface area contributed by atoms with Gasteiger partial charge in [0.15, 0.2) is 0 Å². The molecular formula is C17H17ClN4O3. The molecule has 2 aliphatic rings. The van der Waals surface area contributed by atoms with Crippen LogP contribution in [-0.2, 0) is 6.42 Å². The molecule has 2 aliphatic carbocycles. The van der Waals surface area contributed by atoms with Crippen LogP contribution in [0.3, 0.4) is 0 Å². The van der Waals surface area contributed by atoms with Gasteiger partial charge < -0.3 is 14.9 Å². The standard InChI is InChI=1S/C17H17ClN4O3/c18-14-11-2-1-3-13(11)19-8-12(14)15-21-17(25-22-15)16(24)20-9-4-6-10(23)7-5-9/h1-2,8-10,23H,3-7H2,(H,20,24). The van der Waals surface area contributed by atoms with Crippen molar-refractivity contribution in [3.05, 3.63) is 34.4 Å². The summed E-state index contributed by atoms with van der Waals surface area (Å²) >= 11 is 6.41. The number of nitrogens with zero attached hydrogens (tertiary/aromatic N) is 3. The van der Waals surface area contributed by atoms with Gasteiger partial charge in [-0.15, -0.1) is 0 Å². The van der Waals surface area contributed by atoms with Crippen LogP contribution in [0.25, 0.3) is 17.5 Å². The molecule has 0 aliphatic heterocycles. The van der Waals surface area contributed by atoms with E-state index in [1.54, 1.807) is 6.20 Å². The highest BCUT2D eigenvalue weighted by molar-refractivity contribution is 6.34. The van der Waals surface area contributed by atoms with Crippen molar-refractivity contribution in [3.8, 4) is 11.4 Å². The van der Waals surface area contributed by atoms with Crippen LogP contribution in [0.2, 0.25) is 5.02 Å². The average Bonchev–Trinajstić information content (AvgIpc) is 3.26. The Balaban J connectivity index is 1.51. The lowest BCUT2D eigenvalue weighted by molar-refractivity contribution is 0.0829. The van der Waals surface area contributed by atoms with Gasteiger partial charge in [-0.2, -0.15) is 4.98 Å². The first-order valence-electron chi connectivity index (χ1n) is 8.28. The molecule has 0 radical (unpaired) electrons. The Morgan fingerprint density at radius 1 is 1.32 bits per heavy atom. The molecule has 2 N–H and O–H groups in total. The van der Waals surface area contributed by atoms with Crippen LogP contribution in [0.5, 0.6) is 0 Å². The highest BCUT2D eigenvalue weighted by Gasteiger charge is 2.25. The molecule has 2 aromatic heterocycles. The number of carbonyl (C=O) groups excluding carboxylic acids is 1. The van der Waals surface area contributed by atoms with Crippen LogP contribution in [0.1, 0.15) is 47.6 Å². The van der Waals surface area contributed by atoms with Crippen molar-refractivity contribution in [2.24, 2.45) is 0 Å². The number of aromatic nitrogens is 3. The molecule has 0 bridgehead atoms. The molecule has 0 atom stereocenters. The second-order valence-corrected chi connectivity index (χ2v) is 6.73. The zero-order chi connectivity index (χ0) is 17.4. The van der Waals surface area contributed by atoms with E-state index in [0.29, 0.717) is 23.4 Å². The third-order valence-corrected chi connectivity index (χ3v) is 5.03. The second-order valence-electron chi connectivity index (χ2n) is 6.35. The fourth-order valence-corrected chi connectivity index (χ4v) is 3.51. The summed E-state index contributed by atoms with van der Waals surface area (Å²) in [5, 5.41) is 16.8. The summed E-state index contributed by atoms with van der Waals surface area (Å²) in [5.74, 6) is -0.275. The van der Waals surface area contributed by atoms with Gasteiger partial charge in [-0.25, -0.2) is 0 Å². The molecule has 0 saturated heterocycles. The van der Waals surface area contributed by atoms with Crippen molar-refractivity contribution >= 4 is 23.6 Å². The Labute approximate surface area is 149 Å². The fourth-order valence-electron chi connectivity index (χ4n) is 3.21. The molecule has 0 aromatic carbocycles. The minimum Gasteiger partial charge on any atom is -0.393 e. The largest absolute Gasteiger partial charge is 0.393 e. The third kappa shape index (κ3) is 3.17. The third-order valence-electron chi connectivity index (χ3n) is 4.62. The van der Waals surface area contributed by atoms with Gasteiger partial charge in [-0.1, -0.05) is 28.9 Å². The molecule has 4 rings (SSSR count). The number of halogens is 1. The lowest BCUT2D eigenvalue weighted by Gasteiger charge is -2.25. The van der Waals surface area contributed by atoms with E-state index in [1.807, 2.05) is 12.2 Å². The summed E-state index contributed by atoms with van der Waals surface area (Å²) in [4.78, 5) is 20.8. The first kappa shape index (κ1) is 16.2. The summed E-state index contributed by atoms with van der Waals surface area (Å²) in [7, 11) is 0. The van der Waals surface area contributed by atoms with Crippen LogP contribution in [0.15, 0.2) is 16.8 Å². The zero-order valence-electron chi connectivity index (χ0n) is 13.4. The molecular weight excluding hydrogens is 344 g/mol. The Hall–Kier alpha value is -2.25. The number of aliphatic hydroxyl groups excluding tert-OH is 1. The normalized spacial score (nSPS) is 22.0. The predicted molar refractivity (Wildman–Crippen MR) is 91.0 cm³/mol. The molecule has 130 valence electrons. The highest BCUT2D eigenvalue weighted by atomic mass is 35.5. The first-order chi connectivity index (χ1) is 12.1. The van der Waals surface area contributed by atoms with Gasteiger partial charge in [-0.3, -0.25) is 9.78 Å². The van der Waals surface area contributed by atoms with Crippen molar-refractivity contribution in [3.63, 3.8) is 0 Å². The van der Waals surface area contributed by atoms with Crippen molar-refractivity contribution in [1.82, 2.24) is 20.4 Å². The Bertz CT molecular complexity index is 840. The van der Waals surface area contributed by atoms with Gasteiger partial charge in [0.2, 0.25) is 5.82 Å². The number of amides is 1. The Kier molecular flexibility index (Phi) is 4.27. The fraction of sp³-hybridized carbons (Fsp3) is 0.412. The van der Waals surface area contributed by atoms with Crippen molar-refractivity contribution in [1.29, 1.82) is 0 Å². The molecule has 2 heterocycles. The Morgan fingerprint density at radius 2 is 2.12 bits per heavy atom. The van der Waals surface area contributed by atoms with Crippen molar-refractivity contribution < 1.29 is 14.4 Å². The molecule has 7 nitrogen and oxygen atoms in total. The van der Waals surface area contributed by atoms with E-state index in [2.05, 4.69) is 20.4 Å². The zero-order valence-corrected chi connectivity index (χ0v) is 14.2. The molecule has 0 unspecified atom stereocenters. The smallest absolute Gasteiger partial charge is 0.316 e. The monoisotopic (exact) mass is 360 g/mol. The quantitative estimate of drug-likeness (QED) is 0.871. The first-order valence-corrected chi connectivity index (χ1v) is 8.66. The number of carbonyl (C=O) groups is 1. The van der Waals surface area contributed by atoms with Crippen LogP contribution < -0.4 is 5.32 Å². The molecule has 2 aromatic rings. The maximum absolute atomic E-state index is 12.3. The number of fused-ring (bicyclic) bond motifs is 1. The molecule has 25 heavy (non-hydrogen) atoms. The molecule has 0 spiro atoms. The van der Waals surface area contributed by atoms with Gasteiger partial charge in [0.05, 0.1) is 22.4 Å². The number of hydrogen-bond donors (Lipinski definition) is 2. The number of allylic oxidation sites excluding steroid dienone is 1. The molecule has 1 fully saturated rings. The number of rotatable bonds is 3. The summed E-state index contributed by atoms with van der Waals surface area (Å²) in [5.41, 5.74) is 2.31. The van der Waals surface area contributed by atoms with Crippen LogP contribution in [-0.4, -0.2) is 38.3 Å². The maximum Gasteiger partial charge on any atom is 0.316 e. The molecule has 1 saturated carbocycles. The summed E-state index contributed by atoms with van der Waals surface area (Å²) in [6.45, 7) is 0. The van der Waals surface area contributed by atoms with E-state index in [-0.39, 0.29) is 23.9 Å². The minimum absolute atomic E-state index is 0.0154. The summed E-state index contributed by atoms with van der Waals surface area (Å²) in [6.07, 6.45) is 8.83. The SMILES string of the molecule is O=C(NC1CCC(O)CC1)c1nc(-c2cnc3c(c2Cl)C=CC3)no1. The maximum atomic E-state index is 12.3. The van der Waals surface area contributed by atoms with Gasteiger partial charge >= 0.3 is 11.8 Å². The highest BCUT2D eigenvalue weighted by Crippen LogP contribution is 2.33. The van der Waals surface area contributed by atoms with Gasteiger partial charge in [0, 0.05) is 24.2 Å². The van der Waals surface area contributed by atoms with Crippen LogP contribution >= 0.6 is 11.6 Å². The Morgan fingerprint density at radius 3 is 2.92 bits per heavy atom. The van der Waals surface area contributed by atoms with Crippen molar-refractivity contribution in [2.45, 2.75) is 44.2 Å². The lowest BCUT2D eigenvalue weighted by Crippen LogP contribution is -2.38. The lowest BCUT2D eigenvalue weighted by atomic mass is 9.93. The molecule has 1 amide bonds. The van der Waals surface area contributed by atoms with Crippen LogP contribution in [0, 0.1) is 0 Å². The van der Waals surface area contributed by atoms with E-state index in [4.69, 9.17) is 16.1 Å². The second kappa shape index (κ2) is 6.57. The number of nitrogens with one attached hydrogen (secondary N) is 1. The van der Waals surface area contributed by atoms with Crippen LogP contribution in [0.4, 0.5) is 0 Å². The van der Waals surface area contributed by atoms with E-state index in [1.165, 1.54) is 0 Å². The number of aliphatic hydroxyl groups is 1. The molecule has 8 heteroatoms. The summed E-state index contributed by atoms with van der Waals surface area (Å²) in [6, 6.07) is 0.0154. The van der Waals surface area contributed by atoms with E-state index in [9.17, 15) is 9.90 Å². The topological polar surface area (TPSA) is 101 Å². The van der Waals surface area contributed by atoms with Gasteiger partial charge in [0.25, 0.3) is 0 Å². The predicted octanol–water partition coefficient (Wildman–Crippen LogP) is 2.39. The van der Waals surface area contributed by atoms with Gasteiger partial charge in [0.1, 0.15) is 0 Å². The summed E-state index contributed by atoms with van der Waals surface area (Å²) < 4.78 is 5.09. The van der Waals surface area contributed by atoms with Gasteiger partial charge in [-0.05, 0) is 25.7 Å².